The van der Waals surface area contributed by atoms with Gasteiger partial charge in [-0.25, -0.2) is 5.01 Å². The fourth-order valence-corrected chi connectivity index (χ4v) is 4.99. The monoisotopic (exact) mass is 432 g/mol. The second kappa shape index (κ2) is 8.45. The highest BCUT2D eigenvalue weighted by Gasteiger charge is 2.49. The van der Waals surface area contributed by atoms with Gasteiger partial charge in [0.1, 0.15) is 5.54 Å². The fourth-order valence-electron chi connectivity index (χ4n) is 4.99. The molecule has 4 rings (SSSR count). The van der Waals surface area contributed by atoms with E-state index in [9.17, 15) is 4.91 Å². The largest absolute Gasteiger partial charge is 0.215 e. The average Bonchev–Trinajstić information content (AvgIpc) is 3.26. The van der Waals surface area contributed by atoms with E-state index in [0.29, 0.717) is 11.7 Å². The van der Waals surface area contributed by atoms with E-state index in [0.717, 1.165) is 48.2 Å². The van der Waals surface area contributed by atoms with Crippen LogP contribution in [-0.4, -0.2) is 20.2 Å². The van der Waals surface area contributed by atoms with Gasteiger partial charge in [0.25, 0.3) is 0 Å². The number of benzene rings is 2. The molecule has 32 heavy (non-hydrogen) atoms. The summed E-state index contributed by atoms with van der Waals surface area (Å²) >= 11 is 0. The molecule has 0 amide bonds. The highest BCUT2D eigenvalue weighted by Crippen LogP contribution is 2.49. The molecule has 1 heterocycles. The van der Waals surface area contributed by atoms with Gasteiger partial charge in [0.2, 0.25) is 0 Å². The van der Waals surface area contributed by atoms with E-state index in [1.54, 1.807) is 9.69 Å². The Morgan fingerprint density at radius 1 is 1.03 bits per heavy atom. The summed E-state index contributed by atoms with van der Waals surface area (Å²) in [6.45, 7) is 10.9. The summed E-state index contributed by atoms with van der Waals surface area (Å²) < 4.78 is 1.79. The molecule has 1 aliphatic carbocycles. The van der Waals surface area contributed by atoms with Gasteiger partial charge in [-0.15, -0.1) is 10.0 Å². The van der Waals surface area contributed by atoms with Crippen molar-refractivity contribution in [1.82, 2.24) is 20.2 Å². The molecular formula is C25H32N6O. The van der Waals surface area contributed by atoms with E-state index < -0.39 is 5.54 Å². The van der Waals surface area contributed by atoms with Crippen molar-refractivity contribution >= 4 is 5.69 Å². The molecule has 168 valence electrons. The van der Waals surface area contributed by atoms with Crippen LogP contribution in [0.3, 0.4) is 0 Å². The highest BCUT2D eigenvalue weighted by molar-refractivity contribution is 5.51. The van der Waals surface area contributed by atoms with E-state index >= 15 is 0 Å². The first-order valence-corrected chi connectivity index (χ1v) is 11.3. The molecule has 3 aromatic rings. The Hall–Kier alpha value is -3.09. The van der Waals surface area contributed by atoms with Gasteiger partial charge in [0.15, 0.2) is 5.82 Å². The van der Waals surface area contributed by atoms with Gasteiger partial charge < -0.3 is 0 Å². The Kier molecular flexibility index (Phi) is 5.84. The quantitative estimate of drug-likeness (QED) is 0.371. The minimum absolute atomic E-state index is 0.206. The molecule has 1 aliphatic rings. The summed E-state index contributed by atoms with van der Waals surface area (Å²) in [5, 5.41) is 18.1. The molecule has 0 radical (unpaired) electrons. The zero-order valence-corrected chi connectivity index (χ0v) is 19.6. The van der Waals surface area contributed by atoms with Crippen molar-refractivity contribution in [3.63, 3.8) is 0 Å². The van der Waals surface area contributed by atoms with Crippen LogP contribution in [0.5, 0.6) is 0 Å². The highest BCUT2D eigenvalue weighted by atomic mass is 16.3. The van der Waals surface area contributed by atoms with Gasteiger partial charge >= 0.3 is 0 Å². The predicted molar refractivity (Wildman–Crippen MR) is 126 cm³/mol. The summed E-state index contributed by atoms with van der Waals surface area (Å²) in [5.41, 5.74) is 3.37. The Morgan fingerprint density at radius 2 is 1.69 bits per heavy atom. The second-order valence-electron chi connectivity index (χ2n) is 10.1. The SMILES string of the molecule is Cc1ccc(N(N=O)C2(c3nnnn3-c3ccccc3C)CCC(C(C)(C)C)CC2)cc1. The third kappa shape index (κ3) is 3.92. The van der Waals surface area contributed by atoms with Gasteiger partial charge in [0, 0.05) is 0 Å². The number of tetrazole rings is 1. The number of hydrogen-bond acceptors (Lipinski definition) is 5. The molecule has 7 heteroatoms. The smallest absolute Gasteiger partial charge is 0.184 e. The minimum atomic E-state index is -0.718. The van der Waals surface area contributed by atoms with Crippen molar-refractivity contribution in [2.45, 2.75) is 65.8 Å². The van der Waals surface area contributed by atoms with Gasteiger partial charge in [-0.2, -0.15) is 4.68 Å². The van der Waals surface area contributed by atoms with Crippen molar-refractivity contribution in [3.05, 3.63) is 70.4 Å². The topological polar surface area (TPSA) is 76.3 Å². The molecule has 0 saturated heterocycles. The van der Waals surface area contributed by atoms with Crippen molar-refractivity contribution in [2.75, 3.05) is 5.01 Å². The fraction of sp³-hybridized carbons (Fsp3) is 0.480. The van der Waals surface area contributed by atoms with E-state index in [1.165, 1.54) is 0 Å². The maximum absolute atomic E-state index is 12.4. The van der Waals surface area contributed by atoms with E-state index in [4.69, 9.17) is 0 Å². The molecule has 0 aliphatic heterocycles. The van der Waals surface area contributed by atoms with Crippen molar-refractivity contribution < 1.29 is 0 Å². The number of nitrogens with zero attached hydrogens (tertiary/aromatic N) is 6. The van der Waals surface area contributed by atoms with Crippen LogP contribution in [0.4, 0.5) is 5.69 Å². The van der Waals surface area contributed by atoms with Crippen LogP contribution in [0.2, 0.25) is 0 Å². The lowest BCUT2D eigenvalue weighted by Crippen LogP contribution is -2.49. The van der Waals surface area contributed by atoms with Crippen LogP contribution in [0.25, 0.3) is 5.69 Å². The number of anilines is 1. The summed E-state index contributed by atoms with van der Waals surface area (Å²) in [6.07, 6.45) is 3.45. The molecule has 0 bridgehead atoms. The van der Waals surface area contributed by atoms with Gasteiger partial charge in [0.05, 0.1) is 16.7 Å². The maximum Gasteiger partial charge on any atom is 0.184 e. The Labute approximate surface area is 189 Å². The zero-order chi connectivity index (χ0) is 22.9. The van der Waals surface area contributed by atoms with E-state index in [1.807, 2.05) is 62.4 Å². The number of nitroso groups, excluding NO2 is 1. The Balaban J connectivity index is 1.85. The summed E-state index contributed by atoms with van der Waals surface area (Å²) in [5.74, 6) is 1.23. The van der Waals surface area contributed by atoms with Gasteiger partial charge in [-0.3, -0.25) is 0 Å². The average molecular weight is 433 g/mol. The third-order valence-electron chi connectivity index (χ3n) is 7.03. The lowest BCUT2D eigenvalue weighted by atomic mass is 9.66. The number of rotatable bonds is 5. The molecule has 0 N–H and O–H groups in total. The third-order valence-corrected chi connectivity index (χ3v) is 7.03. The molecule has 0 spiro atoms. The van der Waals surface area contributed by atoms with Crippen molar-refractivity contribution in [2.24, 2.45) is 16.6 Å². The zero-order valence-electron chi connectivity index (χ0n) is 19.6. The number of aromatic nitrogens is 4. The summed E-state index contributed by atoms with van der Waals surface area (Å²) in [4.78, 5) is 12.4. The number of para-hydroxylation sites is 1. The van der Waals surface area contributed by atoms with Gasteiger partial charge in [-0.1, -0.05) is 56.7 Å². The van der Waals surface area contributed by atoms with E-state index in [2.05, 4.69) is 41.6 Å². The van der Waals surface area contributed by atoms with Gasteiger partial charge in [-0.05, 0) is 85.1 Å². The van der Waals surface area contributed by atoms with Crippen LogP contribution in [0, 0.1) is 30.1 Å². The number of hydrogen-bond donors (Lipinski definition) is 0. The molecular weight excluding hydrogens is 400 g/mol. The van der Waals surface area contributed by atoms with Crippen molar-refractivity contribution in [3.8, 4) is 5.69 Å². The first-order chi connectivity index (χ1) is 15.3. The standard InChI is InChI=1S/C25H32N6O/c1-18-10-12-21(13-11-18)31(29-32)25(16-14-20(15-17-25)24(3,4)5)23-26-27-28-30(23)22-9-7-6-8-19(22)2/h6-13,20H,14-17H2,1-5H3. The molecule has 1 saturated carbocycles. The lowest BCUT2D eigenvalue weighted by Gasteiger charge is -2.46. The summed E-state index contributed by atoms with van der Waals surface area (Å²) in [7, 11) is 0. The summed E-state index contributed by atoms with van der Waals surface area (Å²) in [6, 6.07) is 15.9. The second-order valence-corrected chi connectivity index (χ2v) is 10.1. The Morgan fingerprint density at radius 3 is 2.28 bits per heavy atom. The van der Waals surface area contributed by atoms with Crippen LogP contribution in [-0.2, 0) is 5.54 Å². The molecule has 2 aromatic carbocycles. The molecule has 1 aromatic heterocycles. The van der Waals surface area contributed by atoms with E-state index in [-0.39, 0.29) is 5.41 Å². The number of aryl methyl sites for hydroxylation is 2. The van der Waals surface area contributed by atoms with Crippen LogP contribution < -0.4 is 5.01 Å². The molecule has 1 fully saturated rings. The lowest BCUT2D eigenvalue weighted by molar-refractivity contribution is 0.123. The van der Waals surface area contributed by atoms with Crippen LogP contribution in [0.15, 0.2) is 53.8 Å². The van der Waals surface area contributed by atoms with Crippen LogP contribution >= 0.6 is 0 Å². The van der Waals surface area contributed by atoms with Crippen molar-refractivity contribution in [1.29, 1.82) is 0 Å². The first-order valence-electron chi connectivity index (χ1n) is 11.3. The Bertz CT molecular complexity index is 1070. The first kappa shape index (κ1) is 22.1. The normalized spacial score (nSPS) is 21.3. The molecule has 0 atom stereocenters. The van der Waals surface area contributed by atoms with Crippen LogP contribution in [0.1, 0.15) is 63.4 Å². The molecule has 7 nitrogen and oxygen atoms in total. The maximum atomic E-state index is 12.4. The molecule has 0 unspecified atom stereocenters. The predicted octanol–water partition coefficient (Wildman–Crippen LogP) is 5.90. The minimum Gasteiger partial charge on any atom is -0.215 e.